The molecule has 6 heteroatoms. The monoisotopic (exact) mass is 345 g/mol. The number of aromatic nitrogens is 2. The maximum absolute atomic E-state index is 5.96. The average molecular weight is 346 g/mol. The first-order chi connectivity index (χ1) is 11.6. The summed E-state index contributed by atoms with van der Waals surface area (Å²) in [5.74, 6) is 1.63. The minimum Gasteiger partial charge on any atom is -0.363 e. The second kappa shape index (κ2) is 7.81. The van der Waals surface area contributed by atoms with Gasteiger partial charge in [0.15, 0.2) is 0 Å². The number of halogens is 1. The van der Waals surface area contributed by atoms with E-state index >= 15 is 0 Å². The molecule has 1 aromatic heterocycles. The van der Waals surface area contributed by atoms with E-state index in [1.54, 1.807) is 6.20 Å². The summed E-state index contributed by atoms with van der Waals surface area (Å²) in [4.78, 5) is 13.4. The van der Waals surface area contributed by atoms with Crippen LogP contribution in [-0.4, -0.2) is 48.1 Å². The molecular formula is C18H24ClN5. The topological polar surface area (TPSA) is 44.3 Å². The van der Waals surface area contributed by atoms with E-state index < -0.39 is 0 Å². The van der Waals surface area contributed by atoms with Gasteiger partial charge < -0.3 is 10.2 Å². The van der Waals surface area contributed by atoms with Crippen LogP contribution in [0.1, 0.15) is 18.4 Å². The molecule has 1 aliphatic rings. The summed E-state index contributed by atoms with van der Waals surface area (Å²) in [6.07, 6.45) is 4.13. The van der Waals surface area contributed by atoms with Crippen LogP contribution in [0, 0.1) is 0 Å². The SMILES string of the molecule is CN(C)c1ccnc(NC2CCCN(Cc3ccc(Cl)cc3)C2)n1. The molecule has 1 fully saturated rings. The van der Waals surface area contributed by atoms with Gasteiger partial charge in [-0.15, -0.1) is 0 Å². The van der Waals surface area contributed by atoms with Crippen molar-refractivity contribution in [2.24, 2.45) is 0 Å². The quantitative estimate of drug-likeness (QED) is 0.901. The normalized spacial score (nSPS) is 18.4. The number of nitrogens with zero attached hydrogens (tertiary/aromatic N) is 4. The zero-order valence-electron chi connectivity index (χ0n) is 14.2. The molecular weight excluding hydrogens is 322 g/mol. The average Bonchev–Trinajstić information content (AvgIpc) is 2.57. The van der Waals surface area contributed by atoms with E-state index in [0.29, 0.717) is 12.0 Å². The van der Waals surface area contributed by atoms with E-state index in [1.807, 2.05) is 37.2 Å². The van der Waals surface area contributed by atoms with Crippen LogP contribution in [-0.2, 0) is 6.54 Å². The van der Waals surface area contributed by atoms with Gasteiger partial charge in [-0.3, -0.25) is 4.90 Å². The van der Waals surface area contributed by atoms with Crippen LogP contribution in [0.25, 0.3) is 0 Å². The Morgan fingerprint density at radius 2 is 2.04 bits per heavy atom. The van der Waals surface area contributed by atoms with Crippen LogP contribution in [0.2, 0.25) is 5.02 Å². The molecule has 0 radical (unpaired) electrons. The van der Waals surface area contributed by atoms with E-state index in [2.05, 4.69) is 32.3 Å². The highest BCUT2D eigenvalue weighted by Crippen LogP contribution is 2.18. The van der Waals surface area contributed by atoms with Gasteiger partial charge in [0.2, 0.25) is 5.95 Å². The summed E-state index contributed by atoms with van der Waals surface area (Å²) in [6, 6.07) is 10.4. The molecule has 24 heavy (non-hydrogen) atoms. The van der Waals surface area contributed by atoms with E-state index in [-0.39, 0.29) is 0 Å². The van der Waals surface area contributed by atoms with Crippen molar-refractivity contribution in [2.75, 3.05) is 37.4 Å². The van der Waals surface area contributed by atoms with Gasteiger partial charge in [-0.25, -0.2) is 4.98 Å². The third kappa shape index (κ3) is 4.58. The molecule has 1 N–H and O–H groups in total. The van der Waals surface area contributed by atoms with E-state index in [9.17, 15) is 0 Å². The van der Waals surface area contributed by atoms with Gasteiger partial charge >= 0.3 is 0 Å². The Balaban J connectivity index is 1.59. The van der Waals surface area contributed by atoms with Crippen molar-refractivity contribution in [1.29, 1.82) is 0 Å². The zero-order chi connectivity index (χ0) is 16.9. The molecule has 3 rings (SSSR count). The number of likely N-dealkylation sites (tertiary alicyclic amines) is 1. The van der Waals surface area contributed by atoms with E-state index in [0.717, 1.165) is 36.9 Å². The van der Waals surface area contributed by atoms with Crippen molar-refractivity contribution in [3.8, 4) is 0 Å². The highest BCUT2D eigenvalue weighted by Gasteiger charge is 2.20. The molecule has 0 aliphatic carbocycles. The summed E-state index contributed by atoms with van der Waals surface area (Å²) >= 11 is 5.96. The third-order valence-electron chi connectivity index (χ3n) is 4.26. The first kappa shape index (κ1) is 17.0. The molecule has 1 saturated heterocycles. The Morgan fingerprint density at radius 1 is 1.25 bits per heavy atom. The van der Waals surface area contributed by atoms with Crippen LogP contribution >= 0.6 is 11.6 Å². The Hall–Kier alpha value is -1.85. The standard InChI is InChI=1S/C18H24ClN5/c1-23(2)17-9-10-20-18(22-17)21-16-4-3-11-24(13-16)12-14-5-7-15(19)8-6-14/h5-10,16H,3-4,11-13H2,1-2H3,(H,20,21,22). The first-order valence-corrected chi connectivity index (χ1v) is 8.71. The van der Waals surface area contributed by atoms with Gasteiger partial charge in [0.1, 0.15) is 5.82 Å². The molecule has 1 unspecified atom stereocenters. The fourth-order valence-corrected chi connectivity index (χ4v) is 3.14. The molecule has 2 heterocycles. The second-order valence-electron chi connectivity index (χ2n) is 6.48. The van der Waals surface area contributed by atoms with Crippen LogP contribution in [0.15, 0.2) is 36.5 Å². The summed E-state index contributed by atoms with van der Waals surface area (Å²) < 4.78 is 0. The molecule has 1 aliphatic heterocycles. The lowest BCUT2D eigenvalue weighted by Gasteiger charge is -2.33. The smallest absolute Gasteiger partial charge is 0.224 e. The number of piperidine rings is 1. The van der Waals surface area contributed by atoms with Crippen LogP contribution in [0.3, 0.4) is 0 Å². The Labute approximate surface area is 148 Å². The zero-order valence-corrected chi connectivity index (χ0v) is 15.0. The predicted molar refractivity (Wildman–Crippen MR) is 99.7 cm³/mol. The fraction of sp³-hybridized carbons (Fsp3) is 0.444. The first-order valence-electron chi connectivity index (χ1n) is 8.34. The number of hydrogen-bond acceptors (Lipinski definition) is 5. The summed E-state index contributed by atoms with van der Waals surface area (Å²) in [7, 11) is 3.97. The molecule has 1 atom stereocenters. The number of nitrogens with one attached hydrogen (secondary N) is 1. The molecule has 0 amide bonds. The number of hydrogen-bond donors (Lipinski definition) is 1. The lowest BCUT2D eigenvalue weighted by atomic mass is 10.0. The van der Waals surface area contributed by atoms with E-state index in [1.165, 1.54) is 12.0 Å². The number of benzene rings is 1. The summed E-state index contributed by atoms with van der Waals surface area (Å²) in [5, 5.41) is 4.28. The second-order valence-corrected chi connectivity index (χ2v) is 6.91. The Morgan fingerprint density at radius 3 is 2.79 bits per heavy atom. The minimum absolute atomic E-state index is 0.378. The molecule has 1 aromatic carbocycles. The van der Waals surface area contributed by atoms with Crippen LogP contribution < -0.4 is 10.2 Å². The number of rotatable bonds is 5. The van der Waals surface area contributed by atoms with Crippen LogP contribution in [0.4, 0.5) is 11.8 Å². The summed E-state index contributed by atoms with van der Waals surface area (Å²) in [5.41, 5.74) is 1.30. The van der Waals surface area contributed by atoms with Crippen molar-refractivity contribution < 1.29 is 0 Å². The predicted octanol–water partition coefficient (Wildman–Crippen LogP) is 3.27. The molecule has 0 bridgehead atoms. The summed E-state index contributed by atoms with van der Waals surface area (Å²) in [6.45, 7) is 3.07. The van der Waals surface area contributed by atoms with Gasteiger partial charge in [-0.05, 0) is 43.1 Å². The van der Waals surface area contributed by atoms with E-state index in [4.69, 9.17) is 11.6 Å². The van der Waals surface area contributed by atoms with Crippen LogP contribution in [0.5, 0.6) is 0 Å². The number of anilines is 2. The minimum atomic E-state index is 0.378. The molecule has 5 nitrogen and oxygen atoms in total. The van der Waals surface area contributed by atoms with Gasteiger partial charge in [0.05, 0.1) is 0 Å². The highest BCUT2D eigenvalue weighted by molar-refractivity contribution is 6.30. The molecule has 0 saturated carbocycles. The third-order valence-corrected chi connectivity index (χ3v) is 4.51. The van der Waals surface area contributed by atoms with Crippen molar-refractivity contribution in [3.63, 3.8) is 0 Å². The van der Waals surface area contributed by atoms with Crippen molar-refractivity contribution in [3.05, 3.63) is 47.1 Å². The Bertz CT molecular complexity index is 659. The highest BCUT2D eigenvalue weighted by atomic mass is 35.5. The van der Waals surface area contributed by atoms with Gasteiger partial charge in [-0.1, -0.05) is 23.7 Å². The molecule has 128 valence electrons. The molecule has 0 spiro atoms. The van der Waals surface area contributed by atoms with Gasteiger partial charge in [0, 0.05) is 44.4 Å². The maximum Gasteiger partial charge on any atom is 0.224 e. The fourth-order valence-electron chi connectivity index (χ4n) is 3.02. The van der Waals surface area contributed by atoms with Crippen molar-refractivity contribution in [2.45, 2.75) is 25.4 Å². The maximum atomic E-state index is 5.96. The largest absolute Gasteiger partial charge is 0.363 e. The molecule has 2 aromatic rings. The van der Waals surface area contributed by atoms with Gasteiger partial charge in [0.25, 0.3) is 0 Å². The van der Waals surface area contributed by atoms with Gasteiger partial charge in [-0.2, -0.15) is 4.98 Å². The lowest BCUT2D eigenvalue weighted by Crippen LogP contribution is -2.41. The Kier molecular flexibility index (Phi) is 5.53. The van der Waals surface area contributed by atoms with Crippen molar-refractivity contribution in [1.82, 2.24) is 14.9 Å². The lowest BCUT2D eigenvalue weighted by molar-refractivity contribution is 0.208. The van der Waals surface area contributed by atoms with Crippen molar-refractivity contribution >= 4 is 23.4 Å².